The summed E-state index contributed by atoms with van der Waals surface area (Å²) in [5, 5.41) is -0.800. The lowest BCUT2D eigenvalue weighted by molar-refractivity contribution is -0.129. The Morgan fingerprint density at radius 3 is 2.59 bits per heavy atom. The van der Waals surface area contributed by atoms with E-state index < -0.39 is 11.2 Å². The minimum atomic E-state index is -0.833. The normalized spacial score (nSPS) is 17.2. The highest BCUT2D eigenvalue weighted by Crippen LogP contribution is 2.27. The van der Waals surface area contributed by atoms with Crippen molar-refractivity contribution in [3.63, 3.8) is 0 Å². The van der Waals surface area contributed by atoms with Crippen LogP contribution in [0.25, 0.3) is 0 Å². The Hall–Kier alpha value is -0.800. The fourth-order valence-corrected chi connectivity index (χ4v) is 2.30. The van der Waals surface area contributed by atoms with Crippen LogP contribution in [0.5, 0.6) is 0 Å². The summed E-state index contributed by atoms with van der Waals surface area (Å²) in [6, 6.07) is 4.21. The zero-order valence-corrected chi connectivity index (χ0v) is 10.6. The molecule has 1 amide bonds. The summed E-state index contributed by atoms with van der Waals surface area (Å²) in [4.78, 5) is 13.7. The first kappa shape index (κ1) is 12.7. The molecule has 1 unspecified atom stereocenters. The van der Waals surface area contributed by atoms with Crippen LogP contribution in [0, 0.1) is 5.82 Å². The number of hydrogen-bond acceptors (Lipinski definition) is 1. The number of likely N-dealkylation sites (tertiary alicyclic amines) is 1. The van der Waals surface area contributed by atoms with Crippen LogP contribution in [0.3, 0.4) is 0 Å². The number of alkyl halides is 1. The highest BCUT2D eigenvalue weighted by Gasteiger charge is 2.26. The molecule has 1 heterocycles. The van der Waals surface area contributed by atoms with E-state index >= 15 is 0 Å². The SMILES string of the molecule is O=C(C(Cl)c1ccc(Cl)c(F)c1)N1CCCC1. The van der Waals surface area contributed by atoms with Gasteiger partial charge in [-0.15, -0.1) is 11.6 Å². The lowest BCUT2D eigenvalue weighted by Crippen LogP contribution is -2.30. The predicted octanol–water partition coefficient (Wildman–Crippen LogP) is 3.38. The van der Waals surface area contributed by atoms with Gasteiger partial charge in [-0.05, 0) is 30.5 Å². The Labute approximate surface area is 109 Å². The van der Waals surface area contributed by atoms with E-state index in [1.807, 2.05) is 0 Å². The van der Waals surface area contributed by atoms with Crippen molar-refractivity contribution in [1.29, 1.82) is 0 Å². The summed E-state index contributed by atoms with van der Waals surface area (Å²) in [6.45, 7) is 1.47. The van der Waals surface area contributed by atoms with Gasteiger partial charge in [-0.2, -0.15) is 0 Å². The first-order valence-electron chi connectivity index (χ1n) is 5.47. The predicted molar refractivity (Wildman–Crippen MR) is 65.8 cm³/mol. The molecular weight excluding hydrogens is 264 g/mol. The third-order valence-electron chi connectivity index (χ3n) is 2.87. The van der Waals surface area contributed by atoms with E-state index in [4.69, 9.17) is 23.2 Å². The number of benzene rings is 1. The van der Waals surface area contributed by atoms with Crippen LogP contribution in [-0.4, -0.2) is 23.9 Å². The molecule has 1 aromatic carbocycles. The smallest absolute Gasteiger partial charge is 0.245 e. The fraction of sp³-hybridized carbons (Fsp3) is 0.417. The zero-order valence-electron chi connectivity index (χ0n) is 9.13. The van der Waals surface area contributed by atoms with Crippen LogP contribution >= 0.6 is 23.2 Å². The van der Waals surface area contributed by atoms with Crippen LogP contribution in [0.1, 0.15) is 23.8 Å². The summed E-state index contributed by atoms with van der Waals surface area (Å²) < 4.78 is 13.3. The molecule has 5 heteroatoms. The minimum Gasteiger partial charge on any atom is -0.341 e. The van der Waals surface area contributed by atoms with E-state index in [-0.39, 0.29) is 10.9 Å². The summed E-state index contributed by atoms with van der Waals surface area (Å²) >= 11 is 11.6. The van der Waals surface area contributed by atoms with Gasteiger partial charge in [-0.3, -0.25) is 4.79 Å². The van der Waals surface area contributed by atoms with E-state index in [0.29, 0.717) is 5.56 Å². The molecule has 0 radical (unpaired) electrons. The number of carbonyl (C=O) groups excluding carboxylic acids is 1. The summed E-state index contributed by atoms with van der Waals surface area (Å²) in [6.07, 6.45) is 2.01. The van der Waals surface area contributed by atoms with E-state index in [9.17, 15) is 9.18 Å². The fourth-order valence-electron chi connectivity index (χ4n) is 1.91. The number of rotatable bonds is 2. The third-order valence-corrected chi connectivity index (χ3v) is 3.62. The van der Waals surface area contributed by atoms with Crippen LogP contribution in [0.2, 0.25) is 5.02 Å². The second kappa shape index (κ2) is 5.23. The van der Waals surface area contributed by atoms with E-state index in [0.717, 1.165) is 25.9 Å². The Balaban J connectivity index is 2.15. The molecule has 0 saturated carbocycles. The van der Waals surface area contributed by atoms with Crippen molar-refractivity contribution < 1.29 is 9.18 Å². The number of amides is 1. The van der Waals surface area contributed by atoms with Crippen molar-refractivity contribution in [2.75, 3.05) is 13.1 Å². The van der Waals surface area contributed by atoms with Gasteiger partial charge in [0.15, 0.2) is 0 Å². The van der Waals surface area contributed by atoms with Crippen molar-refractivity contribution in [3.8, 4) is 0 Å². The Morgan fingerprint density at radius 1 is 1.35 bits per heavy atom. The number of carbonyl (C=O) groups is 1. The molecule has 1 aliphatic rings. The third kappa shape index (κ3) is 2.72. The van der Waals surface area contributed by atoms with Gasteiger partial charge >= 0.3 is 0 Å². The van der Waals surface area contributed by atoms with Gasteiger partial charge in [0.25, 0.3) is 0 Å². The summed E-state index contributed by atoms with van der Waals surface area (Å²) in [7, 11) is 0. The molecule has 1 atom stereocenters. The molecule has 2 nitrogen and oxygen atoms in total. The van der Waals surface area contributed by atoms with Gasteiger partial charge in [0.1, 0.15) is 11.2 Å². The van der Waals surface area contributed by atoms with Crippen LogP contribution in [-0.2, 0) is 4.79 Å². The standard InChI is InChI=1S/C12H12Cl2FNO/c13-9-4-3-8(7-10(9)15)11(14)12(17)16-5-1-2-6-16/h3-4,7,11H,1-2,5-6H2. The average Bonchev–Trinajstić information content (AvgIpc) is 2.84. The second-order valence-electron chi connectivity index (χ2n) is 4.07. The molecule has 1 aliphatic heterocycles. The van der Waals surface area contributed by atoms with Crippen LogP contribution in [0.4, 0.5) is 4.39 Å². The average molecular weight is 276 g/mol. The lowest BCUT2D eigenvalue weighted by Gasteiger charge is -2.19. The molecule has 1 aromatic rings. The minimum absolute atomic E-state index is 0.0336. The maximum absolute atomic E-state index is 13.3. The van der Waals surface area contributed by atoms with E-state index in [1.165, 1.54) is 12.1 Å². The molecule has 1 fully saturated rings. The van der Waals surface area contributed by atoms with Crippen LogP contribution < -0.4 is 0 Å². The van der Waals surface area contributed by atoms with Crippen LogP contribution in [0.15, 0.2) is 18.2 Å². The van der Waals surface area contributed by atoms with E-state index in [2.05, 4.69) is 0 Å². The molecule has 0 spiro atoms. The molecular formula is C12H12Cl2FNO. The monoisotopic (exact) mass is 275 g/mol. The molecule has 0 aromatic heterocycles. The largest absolute Gasteiger partial charge is 0.341 e. The highest BCUT2D eigenvalue weighted by atomic mass is 35.5. The van der Waals surface area contributed by atoms with Gasteiger partial charge in [0.2, 0.25) is 5.91 Å². The van der Waals surface area contributed by atoms with Crippen molar-refractivity contribution in [2.24, 2.45) is 0 Å². The van der Waals surface area contributed by atoms with Gasteiger partial charge < -0.3 is 4.90 Å². The zero-order chi connectivity index (χ0) is 12.4. The Kier molecular flexibility index (Phi) is 3.89. The van der Waals surface area contributed by atoms with Gasteiger partial charge in [0.05, 0.1) is 5.02 Å². The maximum Gasteiger partial charge on any atom is 0.245 e. The van der Waals surface area contributed by atoms with E-state index in [1.54, 1.807) is 11.0 Å². The first-order chi connectivity index (χ1) is 8.09. The van der Waals surface area contributed by atoms with Crippen molar-refractivity contribution in [3.05, 3.63) is 34.6 Å². The summed E-state index contributed by atoms with van der Waals surface area (Å²) in [5.41, 5.74) is 0.450. The first-order valence-corrected chi connectivity index (χ1v) is 6.29. The van der Waals surface area contributed by atoms with Crippen molar-refractivity contribution in [1.82, 2.24) is 4.90 Å². The molecule has 1 saturated heterocycles. The Morgan fingerprint density at radius 2 is 2.00 bits per heavy atom. The second-order valence-corrected chi connectivity index (χ2v) is 4.91. The van der Waals surface area contributed by atoms with Gasteiger partial charge in [-0.25, -0.2) is 4.39 Å². The molecule has 0 bridgehead atoms. The molecule has 92 valence electrons. The topological polar surface area (TPSA) is 20.3 Å². The lowest BCUT2D eigenvalue weighted by atomic mass is 10.1. The van der Waals surface area contributed by atoms with Crippen molar-refractivity contribution in [2.45, 2.75) is 18.2 Å². The molecule has 0 N–H and O–H groups in total. The maximum atomic E-state index is 13.3. The quantitative estimate of drug-likeness (QED) is 0.758. The molecule has 17 heavy (non-hydrogen) atoms. The number of nitrogens with zero attached hydrogens (tertiary/aromatic N) is 1. The summed E-state index contributed by atoms with van der Waals surface area (Å²) in [5.74, 6) is -0.713. The van der Waals surface area contributed by atoms with Gasteiger partial charge in [0, 0.05) is 13.1 Å². The Bertz CT molecular complexity index is 433. The highest BCUT2D eigenvalue weighted by molar-refractivity contribution is 6.31. The van der Waals surface area contributed by atoms with Crippen molar-refractivity contribution >= 4 is 29.1 Å². The molecule has 2 rings (SSSR count). The number of halogens is 3. The number of hydrogen-bond donors (Lipinski definition) is 0. The van der Waals surface area contributed by atoms with Gasteiger partial charge in [-0.1, -0.05) is 17.7 Å². The molecule has 0 aliphatic carbocycles.